The normalized spacial score (nSPS) is 19.1. The van der Waals surface area contributed by atoms with Crippen LogP contribution < -0.4 is 4.90 Å². The molecule has 1 radical (unpaired) electrons. The first-order valence-electron chi connectivity index (χ1n) is 19.3. The van der Waals surface area contributed by atoms with Crippen LogP contribution in [0.4, 0.5) is 11.4 Å². The van der Waals surface area contributed by atoms with E-state index in [2.05, 4.69) is 122 Å². The Hall–Kier alpha value is -3.06. The summed E-state index contributed by atoms with van der Waals surface area (Å²) < 4.78 is 68.6. The van der Waals surface area contributed by atoms with Crippen molar-refractivity contribution >= 4 is 100 Å². The van der Waals surface area contributed by atoms with Crippen molar-refractivity contribution in [2.75, 3.05) is 29.5 Å². The van der Waals surface area contributed by atoms with E-state index in [9.17, 15) is 25.9 Å². The van der Waals surface area contributed by atoms with Crippen LogP contribution in [0.25, 0.3) is 21.5 Å². The third-order valence-corrected chi connectivity index (χ3v) is 13.8. The van der Waals surface area contributed by atoms with Crippen molar-refractivity contribution in [2.24, 2.45) is 0 Å². The van der Waals surface area contributed by atoms with Gasteiger partial charge < -0.3 is 9.45 Å². The molecule has 2 heterocycles. The molecular formula is C45H49ClN2NaO6S2. The van der Waals surface area contributed by atoms with Crippen molar-refractivity contribution in [3.63, 3.8) is 0 Å². The van der Waals surface area contributed by atoms with Crippen LogP contribution in [-0.2, 0) is 31.1 Å². The van der Waals surface area contributed by atoms with Gasteiger partial charge in [0.25, 0.3) is 10.1 Å². The standard InChI is InChI=1S/C45H49ClN2O6S2.Na/c1-44(2)39(47(27-9-11-29-55(49,50)51)37-23-19-31-13-5-7-15-35(31)41(37)44)25-21-33-17-18-34(43(33)46)22-26-40-45(3,4)42-36-16-8-6-14-32(36)20-24-38(42)48(40)28-10-12-30-56(52,53)54;/h5-8,13-16,19-26H,9-12,17-18,27-30H2,1-4H3,(H-,49,50,51,52,53,54);. The van der Waals surface area contributed by atoms with Gasteiger partial charge in [-0.25, -0.2) is 8.42 Å². The molecule has 0 saturated heterocycles. The third kappa shape index (κ3) is 8.94. The fraction of sp³-hybridized carbons (Fsp3) is 0.356. The van der Waals surface area contributed by atoms with E-state index >= 15 is 0 Å². The summed E-state index contributed by atoms with van der Waals surface area (Å²) >= 11 is 7.18. The van der Waals surface area contributed by atoms with Crippen LogP contribution in [0.1, 0.15) is 77.3 Å². The zero-order valence-electron chi connectivity index (χ0n) is 33.4. The smallest absolute Gasteiger partial charge is 0.264 e. The average Bonchev–Trinajstić information content (AvgIpc) is 3.68. The monoisotopic (exact) mass is 835 g/mol. The summed E-state index contributed by atoms with van der Waals surface area (Å²) in [5.41, 5.74) is 8.22. The topological polar surface area (TPSA) is 118 Å². The number of anilines is 1. The van der Waals surface area contributed by atoms with Crippen LogP contribution in [0.3, 0.4) is 0 Å². The Balaban J connectivity index is 0.00000549. The number of benzene rings is 4. The van der Waals surface area contributed by atoms with Gasteiger partial charge in [0.2, 0.25) is 5.69 Å². The first-order valence-corrected chi connectivity index (χ1v) is 22.9. The van der Waals surface area contributed by atoms with Crippen LogP contribution in [0.15, 0.2) is 119 Å². The van der Waals surface area contributed by atoms with Gasteiger partial charge in [0.15, 0.2) is 5.71 Å². The van der Waals surface area contributed by atoms with Crippen molar-refractivity contribution in [3.05, 3.63) is 130 Å². The van der Waals surface area contributed by atoms with Crippen LogP contribution in [0.2, 0.25) is 0 Å². The van der Waals surface area contributed by atoms with Crippen LogP contribution in [-0.4, -0.2) is 90.4 Å². The van der Waals surface area contributed by atoms with Crippen molar-refractivity contribution in [1.29, 1.82) is 0 Å². The molecule has 12 heteroatoms. The summed E-state index contributed by atoms with van der Waals surface area (Å²) in [6.07, 6.45) is 11.9. The maximum absolute atomic E-state index is 11.5. The van der Waals surface area contributed by atoms with Gasteiger partial charge in [-0.3, -0.25) is 4.55 Å². The SMILES string of the molecule is CC1(C)C(/C=C/C2=C(Cl)C(=C/C=C3\N(CCCCS(=O)(=O)[O-])c4ccc5ccccc5c4C3(C)C)/CC2)=[N+](CCCCS(=O)(=O)O)c2ccc3ccccc3c21.[Na]. The number of allylic oxidation sites excluding steroid dienone is 8. The van der Waals surface area contributed by atoms with E-state index in [0.29, 0.717) is 38.8 Å². The Labute approximate surface area is 364 Å². The first-order chi connectivity index (χ1) is 26.5. The minimum absolute atomic E-state index is 0. The Morgan fingerprint density at radius 1 is 0.772 bits per heavy atom. The van der Waals surface area contributed by atoms with E-state index in [-0.39, 0.29) is 51.9 Å². The molecule has 0 saturated carbocycles. The molecule has 8 nitrogen and oxygen atoms in total. The minimum Gasteiger partial charge on any atom is -0.748 e. The summed E-state index contributed by atoms with van der Waals surface area (Å²) in [6, 6.07) is 25.3. The number of hydrogen-bond acceptors (Lipinski definition) is 6. The summed E-state index contributed by atoms with van der Waals surface area (Å²) in [5.74, 6) is -0.642. The number of rotatable bonds is 13. The maximum atomic E-state index is 11.5. The van der Waals surface area contributed by atoms with E-state index in [0.717, 1.165) is 62.6 Å². The number of unbranched alkanes of at least 4 members (excludes halogenated alkanes) is 2. The van der Waals surface area contributed by atoms with Crippen molar-refractivity contribution in [2.45, 2.75) is 77.0 Å². The number of hydrogen-bond donors (Lipinski definition) is 1. The molecule has 0 atom stereocenters. The maximum Gasteiger partial charge on any atom is 0.264 e. The molecule has 3 aliphatic rings. The van der Waals surface area contributed by atoms with Crippen molar-refractivity contribution in [3.8, 4) is 0 Å². The van der Waals surface area contributed by atoms with E-state index in [1.807, 2.05) is 12.1 Å². The van der Waals surface area contributed by atoms with E-state index < -0.39 is 20.2 Å². The molecule has 2 aliphatic heterocycles. The van der Waals surface area contributed by atoms with E-state index in [1.54, 1.807) is 0 Å². The molecule has 57 heavy (non-hydrogen) atoms. The van der Waals surface area contributed by atoms with Gasteiger partial charge in [0.05, 0.1) is 21.3 Å². The number of nitrogens with zero attached hydrogens (tertiary/aromatic N) is 2. The van der Waals surface area contributed by atoms with Gasteiger partial charge in [-0.15, -0.1) is 0 Å². The number of fused-ring (bicyclic) bond motifs is 6. The molecule has 4 aromatic rings. The van der Waals surface area contributed by atoms with E-state index in [4.69, 9.17) is 11.6 Å². The molecule has 1 aliphatic carbocycles. The Bertz CT molecular complexity index is 2620. The second-order valence-corrected chi connectivity index (χ2v) is 19.7. The fourth-order valence-corrected chi connectivity index (χ4v) is 10.5. The van der Waals surface area contributed by atoms with Crippen molar-refractivity contribution < 1.29 is 30.5 Å². The molecule has 0 spiro atoms. The Morgan fingerprint density at radius 3 is 2.07 bits per heavy atom. The van der Waals surface area contributed by atoms with Gasteiger partial charge in [0.1, 0.15) is 6.54 Å². The van der Waals surface area contributed by atoms with Crippen molar-refractivity contribution in [1.82, 2.24) is 0 Å². The largest absolute Gasteiger partial charge is 0.748 e. The minimum atomic E-state index is -4.28. The molecule has 1 N–H and O–H groups in total. The zero-order chi connectivity index (χ0) is 40.0. The molecule has 295 valence electrons. The summed E-state index contributed by atoms with van der Waals surface area (Å²) in [7, 11) is -8.32. The second-order valence-electron chi connectivity index (χ2n) is 16.2. The molecule has 0 fully saturated rings. The van der Waals surface area contributed by atoms with E-state index in [1.165, 1.54) is 21.9 Å². The van der Waals surface area contributed by atoms with Gasteiger partial charge in [-0.1, -0.05) is 92.2 Å². The first kappa shape index (κ1) is 43.5. The quantitative estimate of drug-likeness (QED) is 0.0617. The molecule has 7 rings (SSSR count). The molecule has 0 amide bonds. The average molecular weight is 836 g/mol. The zero-order valence-corrected chi connectivity index (χ0v) is 37.8. The van der Waals surface area contributed by atoms with Gasteiger partial charge in [-0.2, -0.15) is 13.0 Å². The summed E-state index contributed by atoms with van der Waals surface area (Å²) in [4.78, 5) is 2.27. The van der Waals surface area contributed by atoms with Crippen LogP contribution in [0, 0.1) is 0 Å². The molecule has 0 unspecified atom stereocenters. The van der Waals surface area contributed by atoms with Crippen LogP contribution >= 0.6 is 11.6 Å². The van der Waals surface area contributed by atoms with Gasteiger partial charge >= 0.3 is 0 Å². The molecule has 0 bridgehead atoms. The van der Waals surface area contributed by atoms with Gasteiger partial charge in [-0.05, 0) is 102 Å². The summed E-state index contributed by atoms with van der Waals surface area (Å²) in [5, 5.41) is 5.41. The predicted molar refractivity (Wildman–Crippen MR) is 234 cm³/mol. The Morgan fingerprint density at radius 2 is 1.40 bits per heavy atom. The Kier molecular flexibility index (Phi) is 12.9. The predicted octanol–water partition coefficient (Wildman–Crippen LogP) is 9.43. The summed E-state index contributed by atoms with van der Waals surface area (Å²) in [6.45, 7) is 10.1. The second kappa shape index (κ2) is 16.9. The fourth-order valence-electron chi connectivity index (χ4n) is 9.02. The molecular weight excluding hydrogens is 787 g/mol. The van der Waals surface area contributed by atoms with Crippen LogP contribution in [0.5, 0.6) is 0 Å². The van der Waals surface area contributed by atoms with Gasteiger partial charge in [0, 0.05) is 87.8 Å². The molecule has 4 aromatic carbocycles. The third-order valence-electron chi connectivity index (χ3n) is 11.7. The number of halogens is 1. The molecule has 0 aromatic heterocycles.